The molecule has 0 amide bonds. The van der Waals surface area contributed by atoms with Gasteiger partial charge in [0.2, 0.25) is 5.88 Å². The van der Waals surface area contributed by atoms with Gasteiger partial charge >= 0.3 is 0 Å². The molecule has 18 heavy (non-hydrogen) atoms. The molecule has 2 rings (SSSR count). The number of pyridine rings is 1. The van der Waals surface area contributed by atoms with Gasteiger partial charge in [0.25, 0.3) is 0 Å². The summed E-state index contributed by atoms with van der Waals surface area (Å²) in [4.78, 5) is 4.08. The SMILES string of the molecule is Cc1cc(CO)cnc1Oc1ccc(F)c(Cl)c1. The molecule has 0 unspecified atom stereocenters. The zero-order chi connectivity index (χ0) is 13.1. The van der Waals surface area contributed by atoms with E-state index in [9.17, 15) is 4.39 Å². The topological polar surface area (TPSA) is 42.4 Å². The maximum absolute atomic E-state index is 13.0. The lowest BCUT2D eigenvalue weighted by Gasteiger charge is -2.08. The van der Waals surface area contributed by atoms with E-state index >= 15 is 0 Å². The Morgan fingerprint density at radius 1 is 1.39 bits per heavy atom. The fourth-order valence-corrected chi connectivity index (χ4v) is 1.64. The van der Waals surface area contributed by atoms with Gasteiger partial charge in [0.05, 0.1) is 11.6 Å². The number of hydrogen-bond donors (Lipinski definition) is 1. The first-order valence-corrected chi connectivity index (χ1v) is 5.67. The average Bonchev–Trinajstić information content (AvgIpc) is 2.36. The van der Waals surface area contributed by atoms with E-state index in [1.165, 1.54) is 24.4 Å². The predicted molar refractivity (Wildman–Crippen MR) is 66.4 cm³/mol. The molecule has 0 saturated carbocycles. The summed E-state index contributed by atoms with van der Waals surface area (Å²) in [6, 6.07) is 5.86. The summed E-state index contributed by atoms with van der Waals surface area (Å²) in [5.74, 6) is 0.313. The van der Waals surface area contributed by atoms with Crippen molar-refractivity contribution in [3.05, 3.63) is 52.4 Å². The first-order valence-electron chi connectivity index (χ1n) is 5.29. The predicted octanol–water partition coefficient (Wildman–Crippen LogP) is 3.47. The van der Waals surface area contributed by atoms with E-state index in [1.54, 1.807) is 6.07 Å². The lowest BCUT2D eigenvalue weighted by atomic mass is 10.2. The number of aliphatic hydroxyl groups excluding tert-OH is 1. The smallest absolute Gasteiger partial charge is 0.222 e. The minimum absolute atomic E-state index is 0.00266. The van der Waals surface area contributed by atoms with Crippen LogP contribution in [0.15, 0.2) is 30.5 Å². The number of benzene rings is 1. The zero-order valence-electron chi connectivity index (χ0n) is 9.65. The number of rotatable bonds is 3. The molecular formula is C13H11ClFNO2. The number of aliphatic hydroxyl groups is 1. The Morgan fingerprint density at radius 2 is 2.17 bits per heavy atom. The summed E-state index contributed by atoms with van der Waals surface area (Å²) in [5, 5.41) is 8.97. The van der Waals surface area contributed by atoms with Gasteiger partial charge in [-0.1, -0.05) is 11.6 Å². The molecule has 1 heterocycles. The summed E-state index contributed by atoms with van der Waals surface area (Å²) < 4.78 is 18.5. The maximum atomic E-state index is 13.0. The summed E-state index contributed by atoms with van der Waals surface area (Å²) in [5.41, 5.74) is 1.49. The van der Waals surface area contributed by atoms with E-state index < -0.39 is 5.82 Å². The van der Waals surface area contributed by atoms with Gasteiger partial charge in [0.1, 0.15) is 11.6 Å². The van der Waals surface area contributed by atoms with Crippen molar-refractivity contribution in [3.8, 4) is 11.6 Å². The molecule has 3 nitrogen and oxygen atoms in total. The van der Waals surface area contributed by atoms with E-state index in [1.807, 2.05) is 6.92 Å². The van der Waals surface area contributed by atoms with Gasteiger partial charge in [0, 0.05) is 17.8 Å². The fraction of sp³-hybridized carbons (Fsp3) is 0.154. The Bertz CT molecular complexity index is 575. The lowest BCUT2D eigenvalue weighted by molar-refractivity contribution is 0.281. The molecule has 0 spiro atoms. The van der Waals surface area contributed by atoms with Gasteiger partial charge in [-0.3, -0.25) is 0 Å². The van der Waals surface area contributed by atoms with Gasteiger partial charge < -0.3 is 9.84 Å². The molecule has 0 radical (unpaired) electrons. The molecule has 0 fully saturated rings. The van der Waals surface area contributed by atoms with Crippen molar-refractivity contribution in [2.45, 2.75) is 13.5 Å². The van der Waals surface area contributed by atoms with Crippen LogP contribution in [0, 0.1) is 12.7 Å². The van der Waals surface area contributed by atoms with Crippen LogP contribution in [-0.4, -0.2) is 10.1 Å². The maximum Gasteiger partial charge on any atom is 0.222 e. The van der Waals surface area contributed by atoms with Crippen molar-refractivity contribution in [1.29, 1.82) is 0 Å². The Hall–Kier alpha value is -1.65. The largest absolute Gasteiger partial charge is 0.439 e. The van der Waals surface area contributed by atoms with Crippen LogP contribution in [-0.2, 0) is 6.61 Å². The monoisotopic (exact) mass is 267 g/mol. The third-order valence-corrected chi connectivity index (χ3v) is 2.66. The fourth-order valence-electron chi connectivity index (χ4n) is 1.47. The molecule has 0 atom stereocenters. The molecule has 1 N–H and O–H groups in total. The molecular weight excluding hydrogens is 257 g/mol. The first kappa shape index (κ1) is 12.8. The van der Waals surface area contributed by atoms with Crippen LogP contribution in [0.4, 0.5) is 4.39 Å². The summed E-state index contributed by atoms with van der Waals surface area (Å²) in [7, 11) is 0. The standard InChI is InChI=1S/C13H11ClFNO2/c1-8-4-9(7-17)6-16-13(8)18-10-2-3-12(15)11(14)5-10/h2-6,17H,7H2,1H3. The molecule has 5 heteroatoms. The minimum Gasteiger partial charge on any atom is -0.439 e. The van der Waals surface area contributed by atoms with Crippen molar-refractivity contribution in [3.63, 3.8) is 0 Å². The Kier molecular flexibility index (Phi) is 3.79. The van der Waals surface area contributed by atoms with Crippen LogP contribution < -0.4 is 4.74 Å². The molecule has 1 aromatic heterocycles. The number of aromatic nitrogens is 1. The van der Waals surface area contributed by atoms with Gasteiger partial charge in [0.15, 0.2) is 0 Å². The van der Waals surface area contributed by atoms with Crippen molar-refractivity contribution in [1.82, 2.24) is 4.98 Å². The van der Waals surface area contributed by atoms with Gasteiger partial charge in [-0.05, 0) is 30.7 Å². The third-order valence-electron chi connectivity index (χ3n) is 2.38. The lowest BCUT2D eigenvalue weighted by Crippen LogP contribution is -1.94. The first-order chi connectivity index (χ1) is 8.60. The number of hydrogen-bond acceptors (Lipinski definition) is 3. The normalized spacial score (nSPS) is 10.4. The second-order valence-corrected chi connectivity index (χ2v) is 4.21. The van der Waals surface area contributed by atoms with Gasteiger partial charge in [-0.2, -0.15) is 0 Å². The highest BCUT2D eigenvalue weighted by Crippen LogP contribution is 2.27. The molecule has 2 aromatic rings. The molecule has 94 valence electrons. The quantitative estimate of drug-likeness (QED) is 0.926. The molecule has 0 bridgehead atoms. The van der Waals surface area contributed by atoms with Crippen LogP contribution >= 0.6 is 11.6 Å². The van der Waals surface area contributed by atoms with Crippen molar-refractivity contribution < 1.29 is 14.2 Å². The minimum atomic E-state index is -0.496. The van der Waals surface area contributed by atoms with Crippen LogP contribution in [0.3, 0.4) is 0 Å². The van der Waals surface area contributed by atoms with Crippen LogP contribution in [0.5, 0.6) is 11.6 Å². The number of aryl methyl sites for hydroxylation is 1. The highest BCUT2D eigenvalue weighted by atomic mass is 35.5. The van der Waals surface area contributed by atoms with E-state index in [-0.39, 0.29) is 11.6 Å². The average molecular weight is 268 g/mol. The summed E-state index contributed by atoms with van der Waals surface area (Å²) >= 11 is 5.66. The summed E-state index contributed by atoms with van der Waals surface area (Å²) in [6.07, 6.45) is 1.52. The Balaban J connectivity index is 2.25. The highest BCUT2D eigenvalue weighted by molar-refractivity contribution is 6.30. The molecule has 1 aromatic carbocycles. The number of nitrogens with zero attached hydrogens (tertiary/aromatic N) is 1. The van der Waals surface area contributed by atoms with Crippen LogP contribution in [0.25, 0.3) is 0 Å². The van der Waals surface area contributed by atoms with E-state index in [0.717, 1.165) is 5.56 Å². The second kappa shape index (κ2) is 5.33. The van der Waals surface area contributed by atoms with Crippen LogP contribution in [0.1, 0.15) is 11.1 Å². The number of ether oxygens (including phenoxy) is 1. The van der Waals surface area contributed by atoms with Gasteiger partial charge in [-0.15, -0.1) is 0 Å². The molecule has 0 aliphatic rings. The molecule has 0 saturated heterocycles. The number of halogens is 2. The van der Waals surface area contributed by atoms with Crippen molar-refractivity contribution >= 4 is 11.6 Å². The van der Waals surface area contributed by atoms with Crippen LogP contribution in [0.2, 0.25) is 5.02 Å². The third kappa shape index (κ3) is 2.78. The van der Waals surface area contributed by atoms with E-state index in [2.05, 4.69) is 4.98 Å². The zero-order valence-corrected chi connectivity index (χ0v) is 10.4. The Labute approximate surface area is 109 Å². The highest BCUT2D eigenvalue weighted by Gasteiger charge is 2.06. The molecule has 0 aliphatic carbocycles. The molecule has 0 aliphatic heterocycles. The van der Waals surface area contributed by atoms with Crippen molar-refractivity contribution in [2.24, 2.45) is 0 Å². The van der Waals surface area contributed by atoms with E-state index in [0.29, 0.717) is 17.2 Å². The Morgan fingerprint density at radius 3 is 2.78 bits per heavy atom. The summed E-state index contributed by atoms with van der Waals surface area (Å²) in [6.45, 7) is 1.74. The van der Waals surface area contributed by atoms with E-state index in [4.69, 9.17) is 21.4 Å². The second-order valence-electron chi connectivity index (χ2n) is 3.80. The van der Waals surface area contributed by atoms with Gasteiger partial charge in [-0.25, -0.2) is 9.37 Å². The van der Waals surface area contributed by atoms with Crippen molar-refractivity contribution in [2.75, 3.05) is 0 Å².